The molecule has 0 aromatic carbocycles. The zero-order chi connectivity index (χ0) is 28.3. The number of nitrogens with one attached hydrogen (secondary N) is 3. The molecule has 2 aliphatic rings. The predicted octanol–water partition coefficient (Wildman–Crippen LogP) is 0.826. The second-order valence-corrected chi connectivity index (χ2v) is 12.7. The van der Waals surface area contributed by atoms with Crippen LogP contribution >= 0.6 is 0 Å². The van der Waals surface area contributed by atoms with Crippen molar-refractivity contribution in [3.05, 3.63) is 12.7 Å². The van der Waals surface area contributed by atoms with Crippen LogP contribution in [-0.2, 0) is 24.5 Å². The van der Waals surface area contributed by atoms with Gasteiger partial charge in [-0.1, -0.05) is 52.0 Å². The minimum atomic E-state index is -3.90. The summed E-state index contributed by atoms with van der Waals surface area (Å²) in [7, 11) is -3.90. The van der Waals surface area contributed by atoms with E-state index in [1.54, 1.807) is 0 Å². The van der Waals surface area contributed by atoms with Crippen LogP contribution in [0.5, 0.6) is 0 Å². The summed E-state index contributed by atoms with van der Waals surface area (Å²) in [5.74, 6) is -0.677. The van der Waals surface area contributed by atoms with Crippen molar-refractivity contribution in [1.82, 2.24) is 19.7 Å². The van der Waals surface area contributed by atoms with Crippen LogP contribution in [0.2, 0.25) is 0 Å². The molecule has 38 heavy (non-hydrogen) atoms. The van der Waals surface area contributed by atoms with Gasteiger partial charge in [0.25, 0.3) is 10.2 Å². The van der Waals surface area contributed by atoms with Crippen LogP contribution in [0.1, 0.15) is 72.1 Å². The molecule has 2 amide bonds. The average molecular weight is 561 g/mol. The lowest BCUT2D eigenvalue weighted by atomic mass is 9.82. The maximum atomic E-state index is 13.3. The summed E-state index contributed by atoms with van der Waals surface area (Å²) in [5, 5.41) is 27.1. The van der Waals surface area contributed by atoms with E-state index in [0.29, 0.717) is 18.8 Å². The molecule has 1 heterocycles. The summed E-state index contributed by atoms with van der Waals surface area (Å²) in [6.45, 7) is 9.94. The van der Waals surface area contributed by atoms with E-state index in [1.165, 1.54) is 23.7 Å². The Bertz CT molecular complexity index is 858. The van der Waals surface area contributed by atoms with Crippen LogP contribution in [0.4, 0.5) is 0 Å². The molecule has 2 fully saturated rings. The van der Waals surface area contributed by atoms with E-state index in [0.717, 1.165) is 25.7 Å². The molecule has 0 spiro atoms. The normalized spacial score (nSPS) is 21.7. The van der Waals surface area contributed by atoms with Crippen LogP contribution in [0.15, 0.2) is 12.7 Å². The van der Waals surface area contributed by atoms with E-state index in [2.05, 4.69) is 21.9 Å². The first kappa shape index (κ1) is 32.6. The fraction of sp³-hybridized carbons (Fsp3) is 0.846. The molecule has 0 aromatic rings. The van der Waals surface area contributed by atoms with Gasteiger partial charge in [0.2, 0.25) is 11.8 Å². The molecule has 0 bridgehead atoms. The lowest BCUT2D eigenvalue weighted by Crippen LogP contribution is -2.58. The van der Waals surface area contributed by atoms with Gasteiger partial charge in [0.05, 0.1) is 31.4 Å². The highest BCUT2D eigenvalue weighted by Gasteiger charge is 2.34. The second-order valence-electron chi connectivity index (χ2n) is 11.0. The number of rotatable bonds is 15. The van der Waals surface area contributed by atoms with Crippen LogP contribution in [0.3, 0.4) is 0 Å². The molecule has 1 saturated heterocycles. The number of carbonyl (C=O) groups excluding carboxylic acids is 2. The highest BCUT2D eigenvalue weighted by molar-refractivity contribution is 7.87. The van der Waals surface area contributed by atoms with E-state index in [9.17, 15) is 28.2 Å². The topological polar surface area (TPSA) is 157 Å². The minimum Gasteiger partial charge on any atom is -0.390 e. The van der Waals surface area contributed by atoms with Crippen molar-refractivity contribution in [2.45, 2.75) is 102 Å². The Labute approximate surface area is 227 Å². The van der Waals surface area contributed by atoms with E-state index in [-0.39, 0.29) is 38.6 Å². The number of hydrogen-bond acceptors (Lipinski definition) is 7. The third kappa shape index (κ3) is 10.5. The number of hydrogen-bond donors (Lipinski definition) is 5. The number of ether oxygens (including phenoxy) is 1. The lowest BCUT2D eigenvalue weighted by molar-refractivity contribution is -0.131. The third-order valence-corrected chi connectivity index (χ3v) is 8.92. The minimum absolute atomic E-state index is 0.112. The Morgan fingerprint density at radius 3 is 2.26 bits per heavy atom. The van der Waals surface area contributed by atoms with Gasteiger partial charge in [-0.2, -0.15) is 17.4 Å². The molecular weight excluding hydrogens is 512 g/mol. The van der Waals surface area contributed by atoms with Crippen LogP contribution in [0.25, 0.3) is 0 Å². The first-order chi connectivity index (χ1) is 17.9. The molecule has 11 nitrogen and oxygen atoms in total. The molecule has 0 aromatic heterocycles. The summed E-state index contributed by atoms with van der Waals surface area (Å²) in [6.07, 6.45) is 5.78. The van der Waals surface area contributed by atoms with E-state index in [4.69, 9.17) is 4.74 Å². The number of morpholine rings is 1. The molecule has 1 saturated carbocycles. The van der Waals surface area contributed by atoms with Crippen molar-refractivity contribution in [3.63, 3.8) is 0 Å². The van der Waals surface area contributed by atoms with Crippen molar-refractivity contribution >= 4 is 22.0 Å². The van der Waals surface area contributed by atoms with Crippen LogP contribution < -0.4 is 15.4 Å². The predicted molar refractivity (Wildman–Crippen MR) is 145 cm³/mol. The van der Waals surface area contributed by atoms with Gasteiger partial charge in [0.15, 0.2) is 0 Å². The zero-order valence-corrected chi connectivity index (χ0v) is 23.9. The molecule has 2 rings (SSSR count). The molecule has 0 unspecified atom stereocenters. The summed E-state index contributed by atoms with van der Waals surface area (Å²) in [6, 6.07) is -2.82. The molecule has 1 aliphatic carbocycles. The standard InChI is InChI=1S/C26H48N4O7S/c1-5-9-21(27-25(33)19(4)29-38(35,36)30-12-14-37-15-13-30)26(34)28-22(17-20-10-7-6-8-11-20)24(32)23(31)16-18(2)3/h5,18-24,29,31-32H,1,6-17H2,2-4H3,(H,27,33)(H,28,34)/t19-,21+,22-,23-,24+/m1/s1. The van der Waals surface area contributed by atoms with Crippen LogP contribution in [0, 0.1) is 11.8 Å². The summed E-state index contributed by atoms with van der Waals surface area (Å²) in [4.78, 5) is 26.2. The van der Waals surface area contributed by atoms with Gasteiger partial charge in [0.1, 0.15) is 12.1 Å². The quantitative estimate of drug-likeness (QED) is 0.186. The molecule has 5 atom stereocenters. The number of aliphatic hydroxyl groups excluding tert-OH is 2. The Balaban J connectivity index is 2.07. The van der Waals surface area contributed by atoms with Gasteiger partial charge in [-0.05, 0) is 38.0 Å². The number of aliphatic hydroxyl groups is 2. The van der Waals surface area contributed by atoms with Gasteiger partial charge in [-0.3, -0.25) is 9.59 Å². The Hall–Kier alpha value is -1.57. The molecule has 5 N–H and O–H groups in total. The SMILES string of the molecule is C=CC[C@H](NC(=O)[C@@H](C)NS(=O)(=O)N1CCOCC1)C(=O)N[C@H](CC1CCCCC1)[C@H](O)[C@H](O)CC(C)C. The zero-order valence-electron chi connectivity index (χ0n) is 23.1. The highest BCUT2D eigenvalue weighted by Crippen LogP contribution is 2.29. The maximum absolute atomic E-state index is 13.3. The lowest BCUT2D eigenvalue weighted by Gasteiger charge is -2.33. The summed E-state index contributed by atoms with van der Waals surface area (Å²) < 4.78 is 34.0. The van der Waals surface area contributed by atoms with Gasteiger partial charge < -0.3 is 25.6 Å². The van der Waals surface area contributed by atoms with Crippen LogP contribution in [-0.4, -0.2) is 91.4 Å². The van der Waals surface area contributed by atoms with E-state index >= 15 is 0 Å². The molecular formula is C26H48N4O7S. The Kier molecular flexibility index (Phi) is 13.6. The number of amides is 2. The Morgan fingerprint density at radius 2 is 1.68 bits per heavy atom. The van der Waals surface area contributed by atoms with Gasteiger partial charge >= 0.3 is 0 Å². The monoisotopic (exact) mass is 560 g/mol. The largest absolute Gasteiger partial charge is 0.390 e. The van der Waals surface area contributed by atoms with Crippen molar-refractivity contribution in [2.75, 3.05) is 26.3 Å². The van der Waals surface area contributed by atoms with Crippen molar-refractivity contribution in [1.29, 1.82) is 0 Å². The average Bonchev–Trinajstić information content (AvgIpc) is 2.88. The maximum Gasteiger partial charge on any atom is 0.280 e. The van der Waals surface area contributed by atoms with Crippen molar-refractivity contribution in [3.8, 4) is 0 Å². The molecule has 220 valence electrons. The fourth-order valence-corrected chi connectivity index (χ4v) is 6.41. The van der Waals surface area contributed by atoms with Gasteiger partial charge in [-0.15, -0.1) is 6.58 Å². The summed E-state index contributed by atoms with van der Waals surface area (Å²) >= 11 is 0. The van der Waals surface area contributed by atoms with Crippen molar-refractivity contribution < 1.29 is 33.0 Å². The molecule has 1 aliphatic heterocycles. The number of carbonyl (C=O) groups is 2. The molecule has 12 heteroatoms. The smallest absolute Gasteiger partial charge is 0.280 e. The van der Waals surface area contributed by atoms with Crippen molar-refractivity contribution in [2.24, 2.45) is 11.8 Å². The first-order valence-corrected chi connectivity index (χ1v) is 15.3. The summed E-state index contributed by atoms with van der Waals surface area (Å²) in [5.41, 5.74) is 0. The van der Waals surface area contributed by atoms with E-state index < -0.39 is 52.4 Å². The molecule has 0 radical (unpaired) electrons. The number of nitrogens with zero attached hydrogens (tertiary/aromatic N) is 1. The fourth-order valence-electron chi connectivity index (χ4n) is 5.07. The van der Waals surface area contributed by atoms with Gasteiger partial charge in [-0.25, -0.2) is 0 Å². The third-order valence-electron chi connectivity index (χ3n) is 7.22. The second kappa shape index (κ2) is 15.9. The first-order valence-electron chi connectivity index (χ1n) is 13.9. The Morgan fingerprint density at radius 1 is 1.05 bits per heavy atom. The van der Waals surface area contributed by atoms with E-state index in [1.807, 2.05) is 13.8 Å². The highest BCUT2D eigenvalue weighted by atomic mass is 32.2. The van der Waals surface area contributed by atoms with Gasteiger partial charge in [0, 0.05) is 13.1 Å².